The molecule has 0 bridgehead atoms. The highest BCUT2D eigenvalue weighted by molar-refractivity contribution is 5.36. The minimum atomic E-state index is 0.439. The highest BCUT2D eigenvalue weighted by Crippen LogP contribution is 2.13. The maximum atomic E-state index is 8.75. The van der Waals surface area contributed by atoms with Crippen molar-refractivity contribution in [1.82, 2.24) is 5.32 Å². The molecule has 0 aromatic heterocycles. The summed E-state index contributed by atoms with van der Waals surface area (Å²) in [6.07, 6.45) is 0. The van der Waals surface area contributed by atoms with Gasteiger partial charge in [0, 0.05) is 12.6 Å². The van der Waals surface area contributed by atoms with Crippen LogP contribution in [0.3, 0.4) is 0 Å². The fourth-order valence-electron chi connectivity index (χ4n) is 1.24. The van der Waals surface area contributed by atoms with Crippen molar-refractivity contribution in [3.8, 4) is 11.8 Å². The molecule has 90 valence electrons. The molecule has 0 aliphatic rings. The molecule has 0 saturated carbocycles. The molecule has 1 rings (SSSR count). The summed E-state index contributed by atoms with van der Waals surface area (Å²) >= 11 is 0. The third kappa shape index (κ3) is 5.19. The van der Waals surface area contributed by atoms with E-state index in [9.17, 15) is 0 Å². The quantitative estimate of drug-likeness (QED) is 0.764. The lowest BCUT2D eigenvalue weighted by Gasteiger charge is -2.11. The number of hydrogen-bond acceptors (Lipinski definition) is 3. The van der Waals surface area contributed by atoms with Crippen molar-refractivity contribution >= 4 is 0 Å². The van der Waals surface area contributed by atoms with Gasteiger partial charge in [-0.3, -0.25) is 0 Å². The second-order valence-electron chi connectivity index (χ2n) is 4.21. The zero-order valence-electron chi connectivity index (χ0n) is 10.4. The number of benzene rings is 1. The van der Waals surface area contributed by atoms with Gasteiger partial charge in [-0.2, -0.15) is 5.26 Å². The fraction of sp³-hybridized carbons (Fsp3) is 0.357. The summed E-state index contributed by atoms with van der Waals surface area (Å²) in [5.41, 5.74) is 1.59. The van der Waals surface area contributed by atoms with Crippen LogP contribution in [0.4, 0.5) is 0 Å². The highest BCUT2D eigenvalue weighted by Gasteiger charge is 1.99. The first-order valence-corrected chi connectivity index (χ1v) is 5.65. The van der Waals surface area contributed by atoms with Gasteiger partial charge in [0.1, 0.15) is 12.4 Å². The summed E-state index contributed by atoms with van der Waals surface area (Å²) in [5.74, 6) is 0.703. The molecule has 3 heteroatoms. The van der Waals surface area contributed by atoms with Gasteiger partial charge in [-0.15, -0.1) is 0 Å². The van der Waals surface area contributed by atoms with Gasteiger partial charge in [0.15, 0.2) is 0 Å². The van der Waals surface area contributed by atoms with E-state index in [0.717, 1.165) is 12.1 Å². The minimum Gasteiger partial charge on any atom is -0.489 e. The summed E-state index contributed by atoms with van der Waals surface area (Å²) in [6, 6.07) is 9.64. The van der Waals surface area contributed by atoms with Crippen molar-refractivity contribution in [2.45, 2.75) is 19.9 Å². The van der Waals surface area contributed by atoms with E-state index < -0.39 is 0 Å². The summed E-state index contributed by atoms with van der Waals surface area (Å²) in [6.45, 7) is 9.32. The zero-order valence-corrected chi connectivity index (χ0v) is 10.4. The SMILES string of the molecule is C=C(CNC(C)C)COc1cccc(C#N)c1. The molecule has 0 aliphatic carbocycles. The van der Waals surface area contributed by atoms with E-state index in [1.807, 2.05) is 12.1 Å². The van der Waals surface area contributed by atoms with Crippen LogP contribution in [-0.2, 0) is 0 Å². The van der Waals surface area contributed by atoms with Gasteiger partial charge in [0.25, 0.3) is 0 Å². The molecule has 1 aromatic carbocycles. The Labute approximate surface area is 103 Å². The monoisotopic (exact) mass is 230 g/mol. The standard InChI is InChI=1S/C14H18N2O/c1-11(2)16-9-12(3)10-17-14-6-4-5-13(7-14)8-15/h4-7,11,16H,3,9-10H2,1-2H3. The maximum Gasteiger partial charge on any atom is 0.121 e. The second kappa shape index (κ2) is 6.72. The Balaban J connectivity index is 2.40. The Hall–Kier alpha value is -1.79. The third-order valence-electron chi connectivity index (χ3n) is 2.17. The first-order valence-electron chi connectivity index (χ1n) is 5.65. The van der Waals surface area contributed by atoms with Crippen LogP contribution in [0, 0.1) is 11.3 Å². The van der Waals surface area contributed by atoms with E-state index >= 15 is 0 Å². The number of nitrogens with one attached hydrogen (secondary N) is 1. The Morgan fingerprint density at radius 1 is 1.53 bits per heavy atom. The van der Waals surface area contributed by atoms with Gasteiger partial charge < -0.3 is 10.1 Å². The van der Waals surface area contributed by atoms with Gasteiger partial charge in [0.05, 0.1) is 11.6 Å². The second-order valence-corrected chi connectivity index (χ2v) is 4.21. The topological polar surface area (TPSA) is 45.0 Å². The smallest absolute Gasteiger partial charge is 0.121 e. The Morgan fingerprint density at radius 2 is 2.29 bits per heavy atom. The number of nitrogens with zero attached hydrogens (tertiary/aromatic N) is 1. The predicted molar refractivity (Wildman–Crippen MR) is 68.9 cm³/mol. The summed E-state index contributed by atoms with van der Waals surface area (Å²) in [5, 5.41) is 12.0. The van der Waals surface area contributed by atoms with Gasteiger partial charge in [-0.1, -0.05) is 26.5 Å². The molecule has 0 atom stereocenters. The summed E-state index contributed by atoms with van der Waals surface area (Å²) in [4.78, 5) is 0. The lowest BCUT2D eigenvalue weighted by Crippen LogP contribution is -2.26. The molecule has 0 unspecified atom stereocenters. The summed E-state index contributed by atoms with van der Waals surface area (Å²) < 4.78 is 5.55. The van der Waals surface area contributed by atoms with Crippen LogP contribution in [0.15, 0.2) is 36.4 Å². The van der Waals surface area contributed by atoms with Crippen molar-refractivity contribution in [3.63, 3.8) is 0 Å². The Kier molecular flexibility index (Phi) is 5.25. The van der Waals surface area contributed by atoms with E-state index in [1.54, 1.807) is 12.1 Å². The first kappa shape index (κ1) is 13.3. The molecule has 3 nitrogen and oxygen atoms in total. The molecule has 0 radical (unpaired) electrons. The van der Waals surface area contributed by atoms with E-state index in [0.29, 0.717) is 24.0 Å². The predicted octanol–water partition coefficient (Wildman–Crippen LogP) is 2.49. The highest BCUT2D eigenvalue weighted by atomic mass is 16.5. The molecule has 0 fully saturated rings. The average Bonchev–Trinajstić information content (AvgIpc) is 2.34. The van der Waals surface area contributed by atoms with E-state index in [2.05, 4.69) is 31.8 Å². The number of nitriles is 1. The van der Waals surface area contributed by atoms with Crippen LogP contribution in [-0.4, -0.2) is 19.2 Å². The Bertz CT molecular complexity index is 418. The van der Waals surface area contributed by atoms with Crippen LogP contribution in [0.25, 0.3) is 0 Å². The molecule has 1 N–H and O–H groups in total. The van der Waals surface area contributed by atoms with Crippen LogP contribution in [0.1, 0.15) is 19.4 Å². The number of hydrogen-bond donors (Lipinski definition) is 1. The van der Waals surface area contributed by atoms with Crippen molar-refractivity contribution < 1.29 is 4.74 Å². The van der Waals surface area contributed by atoms with Crippen LogP contribution < -0.4 is 10.1 Å². The van der Waals surface area contributed by atoms with E-state index in [1.165, 1.54) is 0 Å². The molecule has 0 spiro atoms. The fourth-order valence-corrected chi connectivity index (χ4v) is 1.24. The van der Waals surface area contributed by atoms with E-state index in [-0.39, 0.29) is 0 Å². The summed E-state index contributed by atoms with van der Waals surface area (Å²) in [7, 11) is 0. The molecule has 1 aromatic rings. The largest absolute Gasteiger partial charge is 0.489 e. The van der Waals surface area contributed by atoms with E-state index in [4.69, 9.17) is 10.00 Å². The molecule has 0 heterocycles. The van der Waals surface area contributed by atoms with Crippen molar-refractivity contribution in [2.75, 3.05) is 13.2 Å². The third-order valence-corrected chi connectivity index (χ3v) is 2.17. The van der Waals surface area contributed by atoms with Crippen LogP contribution >= 0.6 is 0 Å². The van der Waals surface area contributed by atoms with Crippen molar-refractivity contribution in [3.05, 3.63) is 42.0 Å². The molecular formula is C14H18N2O. The van der Waals surface area contributed by atoms with Gasteiger partial charge in [0.2, 0.25) is 0 Å². The lowest BCUT2D eigenvalue weighted by molar-refractivity contribution is 0.347. The van der Waals surface area contributed by atoms with Gasteiger partial charge in [-0.05, 0) is 23.8 Å². The zero-order chi connectivity index (χ0) is 12.7. The van der Waals surface area contributed by atoms with Crippen molar-refractivity contribution in [2.24, 2.45) is 0 Å². The van der Waals surface area contributed by atoms with Gasteiger partial charge >= 0.3 is 0 Å². The lowest BCUT2D eigenvalue weighted by atomic mass is 10.2. The molecular weight excluding hydrogens is 212 g/mol. The van der Waals surface area contributed by atoms with Crippen LogP contribution in [0.5, 0.6) is 5.75 Å². The number of rotatable bonds is 6. The molecule has 17 heavy (non-hydrogen) atoms. The number of ether oxygens (including phenoxy) is 1. The Morgan fingerprint density at radius 3 is 2.94 bits per heavy atom. The molecule has 0 saturated heterocycles. The van der Waals surface area contributed by atoms with Gasteiger partial charge in [-0.25, -0.2) is 0 Å². The molecule has 0 aliphatic heterocycles. The average molecular weight is 230 g/mol. The minimum absolute atomic E-state index is 0.439. The normalized spacial score (nSPS) is 10.0. The maximum absolute atomic E-state index is 8.75. The van der Waals surface area contributed by atoms with Crippen LogP contribution in [0.2, 0.25) is 0 Å². The van der Waals surface area contributed by atoms with Crippen molar-refractivity contribution in [1.29, 1.82) is 5.26 Å². The molecule has 0 amide bonds. The first-order chi connectivity index (χ1) is 8.11.